The normalized spacial score (nSPS) is 14.2. The molecule has 0 amide bonds. The fourth-order valence-electron chi connectivity index (χ4n) is 2.20. The molecule has 1 aromatic carbocycles. The van der Waals surface area contributed by atoms with Crippen LogP contribution in [0.1, 0.15) is 40.1 Å². The highest BCUT2D eigenvalue weighted by Crippen LogP contribution is 2.38. The van der Waals surface area contributed by atoms with Crippen molar-refractivity contribution in [3.8, 4) is 0 Å². The van der Waals surface area contributed by atoms with Crippen molar-refractivity contribution in [3.05, 3.63) is 65.0 Å². The van der Waals surface area contributed by atoms with Gasteiger partial charge in [0.25, 0.3) is 0 Å². The summed E-state index contributed by atoms with van der Waals surface area (Å²) in [5.41, 5.74) is 5.11. The predicted octanol–water partition coefficient (Wildman–Crippen LogP) is 4.94. The van der Waals surface area contributed by atoms with E-state index < -0.39 is 0 Å². The Labute approximate surface area is 117 Å². The summed E-state index contributed by atoms with van der Waals surface area (Å²) in [6.45, 7) is 6.50. The van der Waals surface area contributed by atoms with Gasteiger partial charge in [-0.3, -0.25) is 4.98 Å². The quantitative estimate of drug-likeness (QED) is 0.732. The van der Waals surface area contributed by atoms with Gasteiger partial charge in [0.15, 0.2) is 0 Å². The molecule has 1 nitrogen and oxygen atoms in total. The van der Waals surface area contributed by atoms with Gasteiger partial charge in [0.2, 0.25) is 0 Å². The molecular weight excluding hydrogens is 286 g/mol. The summed E-state index contributed by atoms with van der Waals surface area (Å²) in [5.74, 6) is 0.354. The molecule has 2 unspecified atom stereocenters. The number of alkyl halides is 1. The molecule has 2 heteroatoms. The van der Waals surface area contributed by atoms with E-state index in [9.17, 15) is 0 Å². The van der Waals surface area contributed by atoms with Crippen molar-refractivity contribution in [2.24, 2.45) is 0 Å². The van der Waals surface area contributed by atoms with Crippen molar-refractivity contribution >= 4 is 15.9 Å². The van der Waals surface area contributed by atoms with Gasteiger partial charge < -0.3 is 0 Å². The van der Waals surface area contributed by atoms with E-state index in [2.05, 4.69) is 66.0 Å². The number of nitrogens with zero attached hydrogens (tertiary/aromatic N) is 1. The lowest BCUT2D eigenvalue weighted by Crippen LogP contribution is -2.05. The topological polar surface area (TPSA) is 12.9 Å². The number of pyridine rings is 1. The van der Waals surface area contributed by atoms with E-state index in [0.29, 0.717) is 10.7 Å². The lowest BCUT2D eigenvalue weighted by molar-refractivity contribution is 0.721. The Morgan fingerprint density at radius 3 is 2.50 bits per heavy atom. The summed E-state index contributed by atoms with van der Waals surface area (Å²) in [6, 6.07) is 12.7. The van der Waals surface area contributed by atoms with Gasteiger partial charge in [0.05, 0.1) is 0 Å². The average Bonchev–Trinajstić information content (AvgIpc) is 2.38. The third-order valence-electron chi connectivity index (χ3n) is 3.32. The molecule has 0 bridgehead atoms. The maximum atomic E-state index is 4.44. The Hall–Kier alpha value is -1.15. The van der Waals surface area contributed by atoms with E-state index in [1.165, 1.54) is 16.7 Å². The molecule has 18 heavy (non-hydrogen) atoms. The average molecular weight is 304 g/mol. The first-order valence-corrected chi connectivity index (χ1v) is 7.13. The van der Waals surface area contributed by atoms with Gasteiger partial charge in [-0.1, -0.05) is 52.7 Å². The summed E-state index contributed by atoms with van der Waals surface area (Å²) in [5, 5.41) is 0. The second-order valence-corrected chi connectivity index (χ2v) is 5.79. The molecule has 1 aromatic heterocycles. The Morgan fingerprint density at radius 1 is 1.11 bits per heavy atom. The van der Waals surface area contributed by atoms with Gasteiger partial charge in [0.1, 0.15) is 0 Å². The first-order valence-electron chi connectivity index (χ1n) is 6.21. The van der Waals surface area contributed by atoms with E-state index in [-0.39, 0.29) is 0 Å². The smallest absolute Gasteiger partial charge is 0.0478 e. The second kappa shape index (κ2) is 5.66. The number of hydrogen-bond acceptors (Lipinski definition) is 1. The highest BCUT2D eigenvalue weighted by atomic mass is 79.9. The van der Waals surface area contributed by atoms with Crippen molar-refractivity contribution in [1.29, 1.82) is 0 Å². The number of rotatable bonds is 3. The number of hydrogen-bond donors (Lipinski definition) is 0. The minimum absolute atomic E-state index is 0.299. The van der Waals surface area contributed by atoms with Crippen molar-refractivity contribution in [3.63, 3.8) is 0 Å². The lowest BCUT2D eigenvalue weighted by atomic mass is 9.93. The highest BCUT2D eigenvalue weighted by Gasteiger charge is 2.20. The minimum atomic E-state index is 0.299. The molecule has 0 aliphatic carbocycles. The number of benzene rings is 1. The van der Waals surface area contributed by atoms with Crippen LogP contribution in [0.2, 0.25) is 0 Å². The molecule has 0 aliphatic heterocycles. The summed E-state index contributed by atoms with van der Waals surface area (Å²) in [7, 11) is 0. The summed E-state index contributed by atoms with van der Waals surface area (Å²) >= 11 is 3.82. The van der Waals surface area contributed by atoms with Crippen LogP contribution < -0.4 is 0 Å². The highest BCUT2D eigenvalue weighted by molar-refractivity contribution is 9.09. The molecule has 2 atom stereocenters. The Kier molecular flexibility index (Phi) is 4.18. The van der Waals surface area contributed by atoms with Crippen LogP contribution in [0.3, 0.4) is 0 Å². The van der Waals surface area contributed by atoms with Crippen LogP contribution in [0.15, 0.2) is 42.6 Å². The van der Waals surface area contributed by atoms with Crippen LogP contribution in [0.25, 0.3) is 0 Å². The van der Waals surface area contributed by atoms with Crippen LogP contribution in [-0.4, -0.2) is 4.98 Å². The molecule has 2 rings (SSSR count). The molecule has 0 saturated carbocycles. The van der Waals surface area contributed by atoms with Crippen molar-refractivity contribution in [2.45, 2.75) is 31.5 Å². The molecular formula is C16H18BrN. The Bertz CT molecular complexity index is 522. The molecule has 0 N–H and O–H groups in total. The van der Waals surface area contributed by atoms with E-state index in [1.807, 2.05) is 18.3 Å². The zero-order chi connectivity index (χ0) is 13.1. The maximum absolute atomic E-state index is 4.44. The maximum Gasteiger partial charge on any atom is 0.0478 e. The van der Waals surface area contributed by atoms with Gasteiger partial charge in [-0.05, 0) is 37.1 Å². The van der Waals surface area contributed by atoms with E-state index in [0.717, 1.165) is 5.69 Å². The van der Waals surface area contributed by atoms with E-state index >= 15 is 0 Å². The zero-order valence-corrected chi connectivity index (χ0v) is 12.6. The third kappa shape index (κ3) is 2.81. The van der Waals surface area contributed by atoms with Gasteiger partial charge in [-0.15, -0.1) is 0 Å². The number of halogens is 1. The Morgan fingerprint density at radius 2 is 1.89 bits per heavy atom. The summed E-state index contributed by atoms with van der Waals surface area (Å²) < 4.78 is 0. The van der Waals surface area contributed by atoms with Gasteiger partial charge in [0, 0.05) is 22.6 Å². The van der Waals surface area contributed by atoms with E-state index in [4.69, 9.17) is 0 Å². The zero-order valence-electron chi connectivity index (χ0n) is 11.0. The minimum Gasteiger partial charge on any atom is -0.261 e. The number of aromatic nitrogens is 1. The van der Waals surface area contributed by atoms with Gasteiger partial charge >= 0.3 is 0 Å². The second-order valence-electron chi connectivity index (χ2n) is 4.81. The van der Waals surface area contributed by atoms with Crippen LogP contribution in [0, 0.1) is 13.8 Å². The largest absolute Gasteiger partial charge is 0.261 e. The van der Waals surface area contributed by atoms with Crippen LogP contribution in [-0.2, 0) is 0 Å². The molecule has 2 aromatic rings. The van der Waals surface area contributed by atoms with Crippen LogP contribution in [0.5, 0.6) is 0 Å². The fourth-order valence-corrected chi connectivity index (χ4v) is 2.98. The van der Waals surface area contributed by atoms with Crippen LogP contribution in [0.4, 0.5) is 0 Å². The van der Waals surface area contributed by atoms with Crippen molar-refractivity contribution in [1.82, 2.24) is 4.98 Å². The molecule has 0 aliphatic rings. The summed E-state index contributed by atoms with van der Waals surface area (Å²) in [6.07, 6.45) is 1.85. The molecule has 94 valence electrons. The summed E-state index contributed by atoms with van der Waals surface area (Å²) in [4.78, 5) is 4.74. The SMILES string of the molecule is Cc1ccc(C(Br)C(C)c2ccccn2)c(C)c1. The first kappa shape index (κ1) is 13.3. The first-order chi connectivity index (χ1) is 8.59. The monoisotopic (exact) mass is 303 g/mol. The molecule has 0 radical (unpaired) electrons. The lowest BCUT2D eigenvalue weighted by Gasteiger charge is -2.20. The third-order valence-corrected chi connectivity index (χ3v) is 4.60. The van der Waals surface area contributed by atoms with Crippen molar-refractivity contribution < 1.29 is 0 Å². The standard InChI is InChI=1S/C16H18BrN/c1-11-7-8-14(12(2)10-11)16(17)13(3)15-6-4-5-9-18-15/h4-10,13,16H,1-3H3. The molecule has 0 fully saturated rings. The molecule has 1 heterocycles. The van der Waals surface area contributed by atoms with Crippen LogP contribution >= 0.6 is 15.9 Å². The Balaban J connectivity index is 2.28. The van der Waals surface area contributed by atoms with Gasteiger partial charge in [-0.25, -0.2) is 0 Å². The van der Waals surface area contributed by atoms with E-state index in [1.54, 1.807) is 0 Å². The number of aryl methyl sites for hydroxylation is 2. The predicted molar refractivity (Wildman–Crippen MR) is 80.2 cm³/mol. The fraction of sp³-hybridized carbons (Fsp3) is 0.312. The molecule has 0 spiro atoms. The van der Waals surface area contributed by atoms with Gasteiger partial charge in [-0.2, -0.15) is 0 Å². The van der Waals surface area contributed by atoms with Crippen molar-refractivity contribution in [2.75, 3.05) is 0 Å². The molecule has 0 saturated heterocycles.